The van der Waals surface area contributed by atoms with Crippen molar-refractivity contribution in [1.82, 2.24) is 25.1 Å². The summed E-state index contributed by atoms with van der Waals surface area (Å²) in [5.41, 5.74) is 3.41. The van der Waals surface area contributed by atoms with Crippen molar-refractivity contribution in [3.63, 3.8) is 0 Å². The van der Waals surface area contributed by atoms with Gasteiger partial charge in [-0.05, 0) is 36.3 Å². The molecule has 0 aliphatic carbocycles. The van der Waals surface area contributed by atoms with Crippen LogP contribution in [0.3, 0.4) is 0 Å². The molecule has 1 N–H and O–H groups in total. The SMILES string of the molecule is C=C(C)c1ncc2c(n1)CN(C(=O)c1cc(Cc3n[nH]c(=O)c4ccccc34)ccc1F)C2. The molecule has 1 amide bonds. The molecule has 33 heavy (non-hydrogen) atoms. The van der Waals surface area contributed by atoms with Gasteiger partial charge in [-0.1, -0.05) is 30.8 Å². The third-order valence-electron chi connectivity index (χ3n) is 5.73. The van der Waals surface area contributed by atoms with Crippen molar-refractivity contribution in [3.8, 4) is 0 Å². The van der Waals surface area contributed by atoms with Crippen LogP contribution in [0.2, 0.25) is 0 Å². The lowest BCUT2D eigenvalue weighted by Gasteiger charge is -2.16. The first-order valence-corrected chi connectivity index (χ1v) is 10.5. The number of halogens is 1. The second-order valence-electron chi connectivity index (χ2n) is 8.14. The Morgan fingerprint density at radius 3 is 2.76 bits per heavy atom. The number of hydrogen-bond acceptors (Lipinski definition) is 5. The number of aromatic amines is 1. The molecule has 2 aromatic carbocycles. The summed E-state index contributed by atoms with van der Waals surface area (Å²) in [6, 6.07) is 11.6. The molecule has 0 fully saturated rings. The standard InChI is InChI=1S/C25H20FN5O2/c1-14(2)23-27-11-16-12-31(13-22(16)28-23)25(33)19-9-15(7-8-20(19)26)10-21-17-5-3-4-6-18(17)24(32)30-29-21/h3-9,11H,1,10,12-13H2,2H3,(H,30,32). The van der Waals surface area contributed by atoms with Gasteiger partial charge in [-0.3, -0.25) is 9.59 Å². The van der Waals surface area contributed by atoms with Crippen molar-refractivity contribution >= 4 is 22.3 Å². The Morgan fingerprint density at radius 1 is 1.18 bits per heavy atom. The number of amides is 1. The summed E-state index contributed by atoms with van der Waals surface area (Å²) < 4.78 is 14.7. The zero-order chi connectivity index (χ0) is 23.1. The largest absolute Gasteiger partial charge is 0.328 e. The maximum absolute atomic E-state index is 14.7. The number of carbonyl (C=O) groups is 1. The Morgan fingerprint density at radius 2 is 1.97 bits per heavy atom. The minimum atomic E-state index is -0.590. The summed E-state index contributed by atoms with van der Waals surface area (Å²) in [6.07, 6.45) is 2.03. The molecular weight excluding hydrogens is 421 g/mol. The van der Waals surface area contributed by atoms with Crippen LogP contribution in [0.25, 0.3) is 16.3 Å². The van der Waals surface area contributed by atoms with Crippen LogP contribution < -0.4 is 5.56 Å². The van der Waals surface area contributed by atoms with Crippen molar-refractivity contribution in [2.24, 2.45) is 0 Å². The van der Waals surface area contributed by atoms with Crippen LogP contribution in [0.1, 0.15) is 45.6 Å². The molecule has 0 saturated heterocycles. The van der Waals surface area contributed by atoms with Crippen LogP contribution in [0.5, 0.6) is 0 Å². The number of fused-ring (bicyclic) bond motifs is 2. The molecule has 0 unspecified atom stereocenters. The molecule has 0 saturated carbocycles. The maximum atomic E-state index is 14.7. The van der Waals surface area contributed by atoms with Crippen molar-refractivity contribution in [2.75, 3.05) is 0 Å². The van der Waals surface area contributed by atoms with E-state index in [9.17, 15) is 14.0 Å². The van der Waals surface area contributed by atoms with Crippen LogP contribution in [0, 0.1) is 5.82 Å². The highest BCUT2D eigenvalue weighted by Crippen LogP contribution is 2.25. The summed E-state index contributed by atoms with van der Waals surface area (Å²) in [6.45, 7) is 6.28. The predicted octanol–water partition coefficient (Wildman–Crippen LogP) is 3.63. The van der Waals surface area contributed by atoms with Gasteiger partial charge in [0.05, 0.1) is 28.9 Å². The number of H-pyrrole nitrogens is 1. The second-order valence-corrected chi connectivity index (χ2v) is 8.14. The first-order chi connectivity index (χ1) is 15.9. The van der Waals surface area contributed by atoms with E-state index < -0.39 is 11.7 Å². The van der Waals surface area contributed by atoms with Crippen LogP contribution in [0.4, 0.5) is 4.39 Å². The molecule has 164 valence electrons. The molecule has 0 radical (unpaired) electrons. The van der Waals surface area contributed by atoms with E-state index in [2.05, 4.69) is 26.7 Å². The van der Waals surface area contributed by atoms with E-state index in [0.29, 0.717) is 35.4 Å². The topological polar surface area (TPSA) is 91.8 Å². The Labute approximate surface area is 188 Å². The first-order valence-electron chi connectivity index (χ1n) is 10.5. The molecule has 7 nitrogen and oxygen atoms in total. The van der Waals surface area contributed by atoms with Gasteiger partial charge in [-0.2, -0.15) is 5.10 Å². The Bertz CT molecular complexity index is 1490. The van der Waals surface area contributed by atoms with E-state index in [0.717, 1.165) is 22.2 Å². The van der Waals surface area contributed by atoms with Crippen molar-refractivity contribution < 1.29 is 9.18 Å². The van der Waals surface area contributed by atoms with Gasteiger partial charge in [0.15, 0.2) is 5.82 Å². The summed E-state index contributed by atoms with van der Waals surface area (Å²) in [5.74, 6) is -0.465. The van der Waals surface area contributed by atoms with Gasteiger partial charge in [-0.25, -0.2) is 19.5 Å². The molecule has 3 heterocycles. The van der Waals surface area contributed by atoms with Crippen molar-refractivity contribution in [2.45, 2.75) is 26.4 Å². The van der Waals surface area contributed by atoms with E-state index in [-0.39, 0.29) is 17.7 Å². The van der Waals surface area contributed by atoms with Crippen molar-refractivity contribution in [3.05, 3.63) is 105 Å². The molecular formula is C25H20FN5O2. The third kappa shape index (κ3) is 3.80. The fourth-order valence-corrected chi connectivity index (χ4v) is 4.02. The fraction of sp³-hybridized carbons (Fsp3) is 0.160. The van der Waals surface area contributed by atoms with Gasteiger partial charge in [-0.15, -0.1) is 0 Å². The smallest absolute Gasteiger partial charge is 0.272 e. The van der Waals surface area contributed by atoms with Crippen LogP contribution in [0.15, 0.2) is 60.0 Å². The summed E-state index contributed by atoms with van der Waals surface area (Å²) in [5, 5.41) is 7.94. The molecule has 1 aliphatic heterocycles. The zero-order valence-corrected chi connectivity index (χ0v) is 17.9. The van der Waals surface area contributed by atoms with Gasteiger partial charge in [0.2, 0.25) is 0 Å². The van der Waals surface area contributed by atoms with Crippen molar-refractivity contribution in [1.29, 1.82) is 0 Å². The molecule has 4 aromatic rings. The lowest BCUT2D eigenvalue weighted by atomic mass is 10.0. The summed E-state index contributed by atoms with van der Waals surface area (Å²) in [7, 11) is 0. The van der Waals surface area contributed by atoms with E-state index >= 15 is 0 Å². The Kier molecular flexibility index (Phi) is 5.05. The van der Waals surface area contributed by atoms with Gasteiger partial charge in [0.25, 0.3) is 11.5 Å². The van der Waals surface area contributed by atoms with E-state index in [4.69, 9.17) is 0 Å². The van der Waals surface area contributed by atoms with Crippen LogP contribution >= 0.6 is 0 Å². The number of rotatable bonds is 4. The van der Waals surface area contributed by atoms with E-state index in [1.165, 1.54) is 6.07 Å². The average molecular weight is 441 g/mol. The molecule has 0 spiro atoms. The molecule has 5 rings (SSSR count). The maximum Gasteiger partial charge on any atom is 0.272 e. The lowest BCUT2D eigenvalue weighted by Crippen LogP contribution is -2.26. The number of nitrogens with one attached hydrogen (secondary N) is 1. The highest BCUT2D eigenvalue weighted by atomic mass is 19.1. The molecule has 8 heteroatoms. The number of aromatic nitrogens is 4. The number of benzene rings is 2. The van der Waals surface area contributed by atoms with Gasteiger partial charge < -0.3 is 4.90 Å². The first kappa shape index (κ1) is 20.7. The lowest BCUT2D eigenvalue weighted by molar-refractivity contribution is 0.0745. The quantitative estimate of drug-likeness (QED) is 0.522. The number of carbonyl (C=O) groups excluding carboxylic acids is 1. The molecule has 2 aromatic heterocycles. The monoisotopic (exact) mass is 441 g/mol. The third-order valence-corrected chi connectivity index (χ3v) is 5.73. The van der Waals surface area contributed by atoms with E-state index in [1.54, 1.807) is 35.4 Å². The van der Waals surface area contributed by atoms with Crippen LogP contribution in [-0.4, -0.2) is 31.0 Å². The Balaban J connectivity index is 1.43. The zero-order valence-electron chi connectivity index (χ0n) is 17.9. The number of nitrogens with zero attached hydrogens (tertiary/aromatic N) is 4. The van der Waals surface area contributed by atoms with Gasteiger partial charge in [0.1, 0.15) is 5.82 Å². The summed E-state index contributed by atoms with van der Waals surface area (Å²) >= 11 is 0. The molecule has 1 aliphatic rings. The van der Waals surface area contributed by atoms with E-state index in [1.807, 2.05) is 19.1 Å². The predicted molar refractivity (Wildman–Crippen MR) is 122 cm³/mol. The van der Waals surface area contributed by atoms with Gasteiger partial charge in [0, 0.05) is 30.1 Å². The summed E-state index contributed by atoms with van der Waals surface area (Å²) in [4.78, 5) is 35.5. The fourth-order valence-electron chi connectivity index (χ4n) is 4.02. The highest BCUT2D eigenvalue weighted by Gasteiger charge is 2.28. The number of hydrogen-bond donors (Lipinski definition) is 1. The molecule has 0 bridgehead atoms. The van der Waals surface area contributed by atoms with Crippen LogP contribution in [-0.2, 0) is 19.5 Å². The second kappa shape index (κ2) is 8.05. The Hall–Kier alpha value is -4.20. The normalized spacial score (nSPS) is 12.7. The average Bonchev–Trinajstić information content (AvgIpc) is 3.25. The molecule has 0 atom stereocenters. The minimum absolute atomic E-state index is 0.0119. The van der Waals surface area contributed by atoms with Gasteiger partial charge >= 0.3 is 0 Å². The minimum Gasteiger partial charge on any atom is -0.328 e. The number of allylic oxidation sites excluding steroid dienone is 1. The highest BCUT2D eigenvalue weighted by molar-refractivity contribution is 5.95.